The Morgan fingerprint density at radius 3 is 2.86 bits per heavy atom. The van der Waals surface area contributed by atoms with Crippen LogP contribution >= 0.6 is 11.6 Å². The number of carbonyl (C=O) groups is 1. The Balaban J connectivity index is 1.68. The zero-order valence-electron chi connectivity index (χ0n) is 12.5. The van der Waals surface area contributed by atoms with Gasteiger partial charge in [-0.1, -0.05) is 24.6 Å². The molecule has 0 aliphatic carbocycles. The van der Waals surface area contributed by atoms with Gasteiger partial charge >= 0.3 is 0 Å². The van der Waals surface area contributed by atoms with E-state index in [0.29, 0.717) is 16.8 Å². The summed E-state index contributed by atoms with van der Waals surface area (Å²) in [6.07, 6.45) is 3.33. The molecule has 21 heavy (non-hydrogen) atoms. The maximum absolute atomic E-state index is 11.9. The third-order valence-electron chi connectivity index (χ3n) is 3.83. The first-order valence-corrected chi connectivity index (χ1v) is 8.06. The number of carbonyl (C=O) groups excluding carboxylic acids is 1. The number of rotatable bonds is 6. The summed E-state index contributed by atoms with van der Waals surface area (Å²) in [7, 11) is 0. The van der Waals surface area contributed by atoms with E-state index in [2.05, 4.69) is 12.2 Å². The van der Waals surface area contributed by atoms with Crippen molar-refractivity contribution in [1.29, 1.82) is 0 Å². The molecule has 2 N–H and O–H groups in total. The fourth-order valence-corrected chi connectivity index (χ4v) is 2.93. The molecule has 0 spiro atoms. The Bertz CT molecular complexity index is 459. The van der Waals surface area contributed by atoms with Crippen molar-refractivity contribution in [2.24, 2.45) is 0 Å². The van der Waals surface area contributed by atoms with Gasteiger partial charge < -0.3 is 15.0 Å². The third-order valence-corrected chi connectivity index (χ3v) is 4.06. The minimum absolute atomic E-state index is 0.0440. The number of hydrogen-bond acceptors (Lipinski definition) is 2. The van der Waals surface area contributed by atoms with Gasteiger partial charge in [-0.2, -0.15) is 0 Å². The highest BCUT2D eigenvalue weighted by Gasteiger charge is 2.22. The summed E-state index contributed by atoms with van der Waals surface area (Å²) in [5.41, 5.74) is 0. The van der Waals surface area contributed by atoms with E-state index in [0.717, 1.165) is 25.9 Å². The van der Waals surface area contributed by atoms with Gasteiger partial charge in [-0.15, -0.1) is 0 Å². The van der Waals surface area contributed by atoms with Gasteiger partial charge in [0.2, 0.25) is 0 Å². The van der Waals surface area contributed by atoms with Gasteiger partial charge in [0.05, 0.1) is 19.6 Å². The smallest absolute Gasteiger partial charge is 0.258 e. The quantitative estimate of drug-likeness (QED) is 0.831. The van der Waals surface area contributed by atoms with Gasteiger partial charge in [0.1, 0.15) is 5.75 Å². The van der Waals surface area contributed by atoms with Crippen molar-refractivity contribution < 1.29 is 14.4 Å². The normalized spacial score (nSPS) is 21.8. The summed E-state index contributed by atoms with van der Waals surface area (Å²) in [5, 5.41) is 3.67. The van der Waals surface area contributed by atoms with Gasteiger partial charge in [-0.3, -0.25) is 4.79 Å². The molecule has 0 aromatic heterocycles. The molecule has 1 amide bonds. The molecule has 1 aliphatic heterocycles. The molecule has 4 nitrogen and oxygen atoms in total. The van der Waals surface area contributed by atoms with Crippen LogP contribution in [0, 0.1) is 0 Å². The van der Waals surface area contributed by atoms with E-state index < -0.39 is 0 Å². The zero-order chi connectivity index (χ0) is 15.1. The number of ether oxygens (including phenoxy) is 1. The van der Waals surface area contributed by atoms with E-state index in [-0.39, 0.29) is 12.5 Å². The lowest BCUT2D eigenvalue weighted by molar-refractivity contribution is -0.905. The molecule has 1 aliphatic rings. The molecule has 0 atom stereocenters. The number of likely N-dealkylation sites (tertiary alicyclic amines) is 1. The molecule has 1 heterocycles. The zero-order valence-corrected chi connectivity index (χ0v) is 13.3. The second-order valence-corrected chi connectivity index (χ2v) is 6.02. The first-order chi connectivity index (χ1) is 10.2. The van der Waals surface area contributed by atoms with Crippen LogP contribution in [0.3, 0.4) is 0 Å². The topological polar surface area (TPSA) is 42.8 Å². The second-order valence-electron chi connectivity index (χ2n) is 5.59. The molecule has 0 unspecified atom stereocenters. The van der Waals surface area contributed by atoms with Crippen molar-refractivity contribution in [3.63, 3.8) is 0 Å². The van der Waals surface area contributed by atoms with Crippen LogP contribution in [0.15, 0.2) is 24.3 Å². The third kappa shape index (κ3) is 5.56. The van der Waals surface area contributed by atoms with Crippen molar-refractivity contribution in [3.8, 4) is 5.75 Å². The van der Waals surface area contributed by atoms with Crippen molar-refractivity contribution in [2.45, 2.75) is 32.2 Å². The first-order valence-electron chi connectivity index (χ1n) is 7.68. The van der Waals surface area contributed by atoms with Crippen LogP contribution in [0.25, 0.3) is 0 Å². The Morgan fingerprint density at radius 1 is 1.43 bits per heavy atom. The summed E-state index contributed by atoms with van der Waals surface area (Å²) in [4.78, 5) is 13.6. The fourth-order valence-electron chi connectivity index (χ4n) is 2.75. The average Bonchev–Trinajstić information content (AvgIpc) is 2.48. The Morgan fingerprint density at radius 2 is 2.19 bits per heavy atom. The van der Waals surface area contributed by atoms with Crippen LogP contribution in [-0.2, 0) is 4.79 Å². The van der Waals surface area contributed by atoms with E-state index in [1.54, 1.807) is 23.1 Å². The van der Waals surface area contributed by atoms with Crippen molar-refractivity contribution in [3.05, 3.63) is 29.3 Å². The Kier molecular flexibility index (Phi) is 6.33. The molecular weight excluding hydrogens is 288 g/mol. The number of halogens is 1. The van der Waals surface area contributed by atoms with Gasteiger partial charge in [0.25, 0.3) is 5.91 Å². The van der Waals surface area contributed by atoms with Crippen LogP contribution in [0.2, 0.25) is 5.02 Å². The molecule has 1 fully saturated rings. The lowest BCUT2D eigenvalue weighted by Gasteiger charge is -2.29. The number of amides is 1. The van der Waals surface area contributed by atoms with Crippen LogP contribution in [0.5, 0.6) is 5.75 Å². The summed E-state index contributed by atoms with van der Waals surface area (Å²) < 4.78 is 5.45. The minimum Gasteiger partial charge on any atom is -0.484 e. The van der Waals surface area contributed by atoms with Crippen LogP contribution in [0.1, 0.15) is 26.2 Å². The lowest BCUT2D eigenvalue weighted by atomic mass is 10.0. The van der Waals surface area contributed by atoms with Crippen LogP contribution in [-0.4, -0.2) is 38.2 Å². The maximum atomic E-state index is 11.9. The van der Waals surface area contributed by atoms with E-state index in [9.17, 15) is 4.79 Å². The number of hydrogen-bond donors (Lipinski definition) is 2. The highest BCUT2D eigenvalue weighted by molar-refractivity contribution is 6.30. The molecule has 1 saturated heterocycles. The van der Waals surface area contributed by atoms with E-state index in [1.165, 1.54) is 13.0 Å². The fraction of sp³-hybridized carbons (Fsp3) is 0.562. The largest absolute Gasteiger partial charge is 0.484 e. The molecule has 0 radical (unpaired) electrons. The lowest BCUT2D eigenvalue weighted by Crippen LogP contribution is -3.13. The molecule has 0 bridgehead atoms. The van der Waals surface area contributed by atoms with Crippen molar-refractivity contribution >= 4 is 17.5 Å². The summed E-state index contributed by atoms with van der Waals surface area (Å²) >= 11 is 5.87. The first kappa shape index (κ1) is 16.1. The molecule has 0 saturated carbocycles. The SMILES string of the molecule is CCC[NH+]1CCC(NC(=O)COc2cccc(Cl)c2)CC1. The van der Waals surface area contributed by atoms with Gasteiger partial charge in [-0.05, 0) is 24.6 Å². The van der Waals surface area contributed by atoms with E-state index >= 15 is 0 Å². The van der Waals surface area contributed by atoms with Crippen molar-refractivity contribution in [1.82, 2.24) is 5.32 Å². The number of piperidine rings is 1. The molecular formula is C16H24ClN2O2+. The van der Waals surface area contributed by atoms with Gasteiger partial charge in [-0.25, -0.2) is 0 Å². The van der Waals surface area contributed by atoms with E-state index in [4.69, 9.17) is 16.3 Å². The molecule has 5 heteroatoms. The highest BCUT2D eigenvalue weighted by Crippen LogP contribution is 2.16. The predicted octanol–water partition coefficient (Wildman–Crippen LogP) is 1.29. The van der Waals surface area contributed by atoms with E-state index in [1.807, 2.05) is 6.07 Å². The molecule has 2 rings (SSSR count). The molecule has 1 aromatic rings. The van der Waals surface area contributed by atoms with Crippen LogP contribution < -0.4 is 15.0 Å². The Labute approximate surface area is 131 Å². The number of benzene rings is 1. The van der Waals surface area contributed by atoms with Crippen molar-refractivity contribution in [2.75, 3.05) is 26.2 Å². The maximum Gasteiger partial charge on any atom is 0.258 e. The monoisotopic (exact) mass is 311 g/mol. The van der Waals surface area contributed by atoms with Gasteiger partial charge in [0.15, 0.2) is 6.61 Å². The Hall–Kier alpha value is -1.26. The summed E-state index contributed by atoms with van der Waals surface area (Å²) in [6.45, 7) is 5.79. The van der Waals surface area contributed by atoms with Gasteiger partial charge in [0, 0.05) is 23.9 Å². The second kappa shape index (κ2) is 8.25. The molecule has 1 aromatic carbocycles. The summed E-state index contributed by atoms with van der Waals surface area (Å²) in [6, 6.07) is 7.39. The summed E-state index contributed by atoms with van der Waals surface area (Å²) in [5.74, 6) is 0.568. The number of nitrogens with one attached hydrogen (secondary N) is 2. The average molecular weight is 312 g/mol. The highest BCUT2D eigenvalue weighted by atomic mass is 35.5. The minimum atomic E-state index is -0.0566. The predicted molar refractivity (Wildman–Crippen MR) is 84.0 cm³/mol. The standard InChI is InChI=1S/C16H23ClN2O2/c1-2-8-19-9-6-14(7-10-19)18-16(20)12-21-15-5-3-4-13(17)11-15/h3-5,11,14H,2,6-10,12H2,1H3,(H,18,20)/p+1. The number of quaternary nitrogens is 1. The van der Waals surface area contributed by atoms with Crippen LogP contribution in [0.4, 0.5) is 0 Å². The molecule has 116 valence electrons.